The number of carbonyl (C=O) groups excluding carboxylic acids is 2. The van der Waals surface area contributed by atoms with E-state index in [1.807, 2.05) is 0 Å². The molecule has 2 atom stereocenters. The third-order valence-corrected chi connectivity index (χ3v) is 5.62. The molecule has 172 valence electrons. The number of aliphatic hydroxyl groups excluding tert-OH is 2. The minimum absolute atomic E-state index is 0.0142. The Hall–Kier alpha value is -0.630. The van der Waals surface area contributed by atoms with Crippen LogP contribution in [-0.4, -0.2) is 53.5 Å². The lowest BCUT2D eigenvalue weighted by molar-refractivity contribution is -0.123. The largest absolute Gasteiger partial charge is 0.394 e. The van der Waals surface area contributed by atoms with Gasteiger partial charge >= 0.3 is 0 Å². The van der Waals surface area contributed by atoms with Gasteiger partial charge in [0.2, 0.25) is 5.91 Å². The number of carbonyl (C=O) groups is 2. The Kier molecular flexibility index (Phi) is 21.6. The lowest BCUT2D eigenvalue weighted by Gasteiger charge is -2.13. The number of hydrogen-bond acceptors (Lipinski definition) is 6. The van der Waals surface area contributed by atoms with E-state index in [1.165, 1.54) is 64.2 Å². The molecule has 6 nitrogen and oxygen atoms in total. The first kappa shape index (κ1) is 28.4. The molecule has 29 heavy (non-hydrogen) atoms. The molecule has 0 aromatic rings. The number of unbranched alkanes of at least 4 members (excludes halogenated alkanes) is 12. The third kappa shape index (κ3) is 20.4. The molecular formula is C22H43NO5S. The summed E-state index contributed by atoms with van der Waals surface area (Å²) < 4.78 is 5.08. The molecule has 1 amide bonds. The van der Waals surface area contributed by atoms with Gasteiger partial charge in [-0.1, -0.05) is 84.0 Å². The Morgan fingerprint density at radius 1 is 0.966 bits per heavy atom. The van der Waals surface area contributed by atoms with Gasteiger partial charge in [-0.05, 0) is 18.5 Å². The zero-order chi connectivity index (χ0) is 21.6. The summed E-state index contributed by atoms with van der Waals surface area (Å²) in [6.45, 7) is 1.87. The highest BCUT2D eigenvalue weighted by Gasteiger charge is 2.12. The highest BCUT2D eigenvalue weighted by Crippen LogP contribution is 2.13. The number of aldehydes is 1. The van der Waals surface area contributed by atoms with Gasteiger partial charge in [0.25, 0.3) is 0 Å². The molecule has 0 spiro atoms. The van der Waals surface area contributed by atoms with E-state index in [-0.39, 0.29) is 24.9 Å². The maximum Gasteiger partial charge on any atom is 0.220 e. The Bertz CT molecular complexity index is 384. The number of rotatable bonds is 22. The maximum atomic E-state index is 11.9. The number of hydrogen-bond donors (Lipinski definition) is 3. The fourth-order valence-corrected chi connectivity index (χ4v) is 3.66. The van der Waals surface area contributed by atoms with Crippen LogP contribution in [0.5, 0.6) is 0 Å². The molecule has 3 N–H and O–H groups in total. The molecule has 0 fully saturated rings. The summed E-state index contributed by atoms with van der Waals surface area (Å²) in [5, 5.41) is 20.5. The molecule has 0 rings (SSSR count). The summed E-state index contributed by atoms with van der Waals surface area (Å²) >= 11 is 1.00. The van der Waals surface area contributed by atoms with E-state index in [9.17, 15) is 9.59 Å². The molecule has 0 aromatic carbocycles. The van der Waals surface area contributed by atoms with Crippen molar-refractivity contribution in [3.63, 3.8) is 0 Å². The van der Waals surface area contributed by atoms with Crippen LogP contribution >= 0.6 is 12.0 Å². The second-order valence-electron chi connectivity index (χ2n) is 7.71. The molecule has 0 saturated carbocycles. The summed E-state index contributed by atoms with van der Waals surface area (Å²) in [5.74, 6) is 0.174. The van der Waals surface area contributed by atoms with Gasteiger partial charge in [-0.3, -0.25) is 4.79 Å². The molecule has 0 aromatic heterocycles. The van der Waals surface area contributed by atoms with E-state index in [4.69, 9.17) is 14.4 Å². The summed E-state index contributed by atoms with van der Waals surface area (Å²) in [5.41, 5.74) is 0. The molecule has 0 radical (unpaired) electrons. The fraction of sp³-hybridized carbons (Fsp3) is 0.909. The first-order valence-corrected chi connectivity index (χ1v) is 12.3. The van der Waals surface area contributed by atoms with Crippen molar-refractivity contribution in [1.29, 1.82) is 0 Å². The van der Waals surface area contributed by atoms with Crippen LogP contribution in [0.2, 0.25) is 0 Å². The van der Waals surface area contributed by atoms with Crippen molar-refractivity contribution in [2.24, 2.45) is 0 Å². The van der Waals surface area contributed by atoms with Crippen LogP contribution in [0.4, 0.5) is 0 Å². The Morgan fingerprint density at radius 2 is 1.48 bits per heavy atom. The van der Waals surface area contributed by atoms with Crippen LogP contribution in [0.3, 0.4) is 0 Å². The lowest BCUT2D eigenvalue weighted by atomic mass is 10.0. The smallest absolute Gasteiger partial charge is 0.220 e. The van der Waals surface area contributed by atoms with E-state index in [0.29, 0.717) is 12.7 Å². The van der Waals surface area contributed by atoms with Gasteiger partial charge in [-0.2, -0.15) is 0 Å². The predicted molar refractivity (Wildman–Crippen MR) is 120 cm³/mol. The van der Waals surface area contributed by atoms with Crippen LogP contribution in [0, 0.1) is 0 Å². The fourth-order valence-electron chi connectivity index (χ4n) is 3.00. The highest BCUT2D eigenvalue weighted by atomic mass is 32.2. The normalized spacial score (nSPS) is 13.2. The molecule has 0 heterocycles. The van der Waals surface area contributed by atoms with E-state index >= 15 is 0 Å². The van der Waals surface area contributed by atoms with Crippen LogP contribution in [-0.2, 0) is 13.8 Å². The lowest BCUT2D eigenvalue weighted by Crippen LogP contribution is -2.37. The van der Waals surface area contributed by atoms with Crippen molar-refractivity contribution in [3.8, 4) is 0 Å². The summed E-state index contributed by atoms with van der Waals surface area (Å²) in [6, 6.07) is -0.597. The summed E-state index contributed by atoms with van der Waals surface area (Å²) in [7, 11) is 0. The first-order chi connectivity index (χ1) is 14.1. The molecule has 0 aliphatic rings. The Balaban J connectivity index is 3.46. The SMILES string of the molecule is CCCCCCCCCCCCCCCC(=O)N[C@H](C=O)CSOCC(O)CO. The molecule has 0 aliphatic heterocycles. The molecule has 0 bridgehead atoms. The average Bonchev–Trinajstić information content (AvgIpc) is 2.73. The van der Waals surface area contributed by atoms with E-state index in [0.717, 1.165) is 31.3 Å². The molecule has 0 aliphatic carbocycles. The van der Waals surface area contributed by atoms with Crippen LogP contribution in [0.15, 0.2) is 0 Å². The van der Waals surface area contributed by atoms with Gasteiger partial charge in [-0.15, -0.1) is 0 Å². The zero-order valence-electron chi connectivity index (χ0n) is 18.3. The summed E-state index contributed by atoms with van der Waals surface area (Å²) in [6.07, 6.45) is 16.7. The van der Waals surface area contributed by atoms with Crippen molar-refractivity contribution in [2.75, 3.05) is 19.0 Å². The van der Waals surface area contributed by atoms with Gasteiger partial charge < -0.3 is 24.5 Å². The van der Waals surface area contributed by atoms with Crippen molar-refractivity contribution in [3.05, 3.63) is 0 Å². The van der Waals surface area contributed by atoms with Crippen molar-refractivity contribution in [2.45, 2.75) is 109 Å². The van der Waals surface area contributed by atoms with Gasteiger partial charge in [0, 0.05) is 12.2 Å². The van der Waals surface area contributed by atoms with Crippen molar-refractivity contribution >= 4 is 24.2 Å². The van der Waals surface area contributed by atoms with Gasteiger partial charge in [0.05, 0.1) is 19.3 Å². The number of nitrogens with one attached hydrogen (secondary N) is 1. The van der Waals surface area contributed by atoms with Gasteiger partial charge in [-0.25, -0.2) is 0 Å². The van der Waals surface area contributed by atoms with Gasteiger partial charge in [0.15, 0.2) is 0 Å². The zero-order valence-corrected chi connectivity index (χ0v) is 19.1. The standard InChI is InChI=1S/C22H43NO5S/c1-2-3-4-5-6-7-8-9-10-11-12-13-14-15-22(27)23-20(16-24)19-29-28-18-21(26)17-25/h16,20-21,25-26H,2-15,17-19H2,1H3,(H,23,27)/t20-,21?/m1/s1. The second kappa shape index (κ2) is 22.1. The summed E-state index contributed by atoms with van der Waals surface area (Å²) in [4.78, 5) is 22.9. The van der Waals surface area contributed by atoms with E-state index in [1.54, 1.807) is 0 Å². The average molecular weight is 434 g/mol. The first-order valence-electron chi connectivity index (χ1n) is 11.4. The predicted octanol–water partition coefficient (Wildman–Crippen LogP) is 4.17. The molecule has 7 heteroatoms. The quantitative estimate of drug-likeness (QED) is 0.135. The van der Waals surface area contributed by atoms with E-state index in [2.05, 4.69) is 12.2 Å². The third-order valence-electron chi connectivity index (χ3n) is 4.82. The van der Waals surface area contributed by atoms with Crippen LogP contribution in [0.1, 0.15) is 96.8 Å². The Labute approximate surface area is 181 Å². The minimum atomic E-state index is -0.928. The number of aliphatic hydroxyl groups is 2. The van der Waals surface area contributed by atoms with Crippen LogP contribution < -0.4 is 5.32 Å². The molecule has 1 unspecified atom stereocenters. The van der Waals surface area contributed by atoms with Gasteiger partial charge in [0.1, 0.15) is 12.4 Å². The van der Waals surface area contributed by atoms with Crippen molar-refractivity contribution in [1.82, 2.24) is 5.32 Å². The molecular weight excluding hydrogens is 390 g/mol. The topological polar surface area (TPSA) is 95.9 Å². The van der Waals surface area contributed by atoms with Crippen LogP contribution in [0.25, 0.3) is 0 Å². The number of amides is 1. The minimum Gasteiger partial charge on any atom is -0.394 e. The van der Waals surface area contributed by atoms with E-state index < -0.39 is 12.1 Å². The maximum absolute atomic E-state index is 11.9. The molecule has 0 saturated heterocycles. The highest BCUT2D eigenvalue weighted by molar-refractivity contribution is 7.94. The monoisotopic (exact) mass is 433 g/mol. The Morgan fingerprint density at radius 3 is 1.97 bits per heavy atom. The second-order valence-corrected chi connectivity index (χ2v) is 8.51. The van der Waals surface area contributed by atoms with Crippen molar-refractivity contribution < 1.29 is 24.0 Å².